The molecule has 1 rings (SSSR count). The second-order valence-corrected chi connectivity index (χ2v) is 2.93. The van der Waals surface area contributed by atoms with Crippen LogP contribution in [0.1, 0.15) is 22.3 Å². The van der Waals surface area contributed by atoms with Crippen molar-refractivity contribution in [1.29, 1.82) is 0 Å². The molecule has 66 valence electrons. The van der Waals surface area contributed by atoms with Gasteiger partial charge in [-0.05, 0) is 6.92 Å². The molecule has 1 aromatic heterocycles. The maximum absolute atomic E-state index is 10.6. The Kier molecular flexibility index (Phi) is 3.19. The highest BCUT2D eigenvalue weighted by Crippen LogP contribution is 2.13. The summed E-state index contributed by atoms with van der Waals surface area (Å²) >= 11 is 1.12. The molecule has 0 unspecified atom stereocenters. The first-order valence-corrected chi connectivity index (χ1v) is 4.37. The molecule has 4 nitrogen and oxygen atoms in total. The Bertz CT molecular complexity index is 271. The van der Waals surface area contributed by atoms with Crippen molar-refractivity contribution < 1.29 is 14.6 Å². The van der Waals surface area contributed by atoms with Crippen LogP contribution in [0.25, 0.3) is 0 Å². The van der Waals surface area contributed by atoms with Gasteiger partial charge in [0, 0.05) is 6.61 Å². The summed E-state index contributed by atoms with van der Waals surface area (Å²) in [5.74, 6) is -0.938. The highest BCUT2D eigenvalue weighted by Gasteiger charge is 2.12. The highest BCUT2D eigenvalue weighted by atomic mass is 32.1. The van der Waals surface area contributed by atoms with Gasteiger partial charge in [0.15, 0.2) is 0 Å². The number of hydrogen-bond donors (Lipinski definition) is 1. The third-order valence-corrected chi connectivity index (χ3v) is 2.14. The first-order chi connectivity index (χ1) is 5.75. The van der Waals surface area contributed by atoms with Gasteiger partial charge in [0.25, 0.3) is 0 Å². The van der Waals surface area contributed by atoms with Gasteiger partial charge in [0.1, 0.15) is 4.88 Å². The van der Waals surface area contributed by atoms with E-state index in [9.17, 15) is 4.79 Å². The summed E-state index contributed by atoms with van der Waals surface area (Å²) in [6.07, 6.45) is 0. The van der Waals surface area contributed by atoms with Gasteiger partial charge in [0.2, 0.25) is 0 Å². The van der Waals surface area contributed by atoms with Crippen molar-refractivity contribution in [1.82, 2.24) is 4.98 Å². The van der Waals surface area contributed by atoms with Gasteiger partial charge in [0.05, 0.1) is 17.8 Å². The van der Waals surface area contributed by atoms with Gasteiger partial charge in [-0.3, -0.25) is 0 Å². The SMILES string of the molecule is CCOCc1ncsc1C(=O)O. The van der Waals surface area contributed by atoms with Gasteiger partial charge < -0.3 is 9.84 Å². The fourth-order valence-electron chi connectivity index (χ4n) is 0.745. The largest absolute Gasteiger partial charge is 0.477 e. The number of carboxylic acids is 1. The summed E-state index contributed by atoms with van der Waals surface area (Å²) < 4.78 is 5.05. The van der Waals surface area contributed by atoms with Crippen molar-refractivity contribution in [3.8, 4) is 0 Å². The van der Waals surface area contributed by atoms with Crippen LogP contribution in [0.2, 0.25) is 0 Å². The Morgan fingerprint density at radius 1 is 1.83 bits per heavy atom. The summed E-state index contributed by atoms with van der Waals surface area (Å²) in [6.45, 7) is 2.70. The Balaban J connectivity index is 2.70. The van der Waals surface area contributed by atoms with E-state index in [1.54, 1.807) is 0 Å². The minimum atomic E-state index is -0.938. The topological polar surface area (TPSA) is 59.4 Å². The molecule has 0 aliphatic rings. The molecule has 1 aromatic rings. The fraction of sp³-hybridized carbons (Fsp3) is 0.429. The number of nitrogens with zero attached hydrogens (tertiary/aromatic N) is 1. The van der Waals surface area contributed by atoms with Gasteiger partial charge in [-0.25, -0.2) is 9.78 Å². The lowest BCUT2D eigenvalue weighted by atomic mass is 10.4. The number of ether oxygens (including phenoxy) is 1. The number of hydrogen-bond acceptors (Lipinski definition) is 4. The molecule has 0 spiro atoms. The maximum atomic E-state index is 10.6. The van der Waals surface area contributed by atoms with Gasteiger partial charge in [-0.15, -0.1) is 11.3 Å². The summed E-state index contributed by atoms with van der Waals surface area (Å²) in [6, 6.07) is 0. The van der Waals surface area contributed by atoms with E-state index >= 15 is 0 Å². The predicted molar refractivity (Wildman–Crippen MR) is 44.4 cm³/mol. The first-order valence-electron chi connectivity index (χ1n) is 3.49. The predicted octanol–water partition coefficient (Wildman–Crippen LogP) is 1.38. The van der Waals surface area contributed by atoms with Crippen LogP contribution in [-0.2, 0) is 11.3 Å². The number of thiazole rings is 1. The van der Waals surface area contributed by atoms with E-state index in [4.69, 9.17) is 9.84 Å². The molecule has 0 saturated carbocycles. The third kappa shape index (κ3) is 2.02. The van der Waals surface area contributed by atoms with E-state index in [0.29, 0.717) is 12.3 Å². The molecule has 5 heteroatoms. The Morgan fingerprint density at radius 2 is 2.58 bits per heavy atom. The number of aromatic nitrogens is 1. The standard InChI is InChI=1S/C7H9NO3S/c1-2-11-3-5-6(7(9)10)12-4-8-5/h4H,2-3H2,1H3,(H,9,10). The van der Waals surface area contributed by atoms with E-state index in [0.717, 1.165) is 11.3 Å². The zero-order valence-electron chi connectivity index (χ0n) is 6.61. The minimum absolute atomic E-state index is 0.267. The molecule has 0 saturated heterocycles. The summed E-state index contributed by atoms with van der Waals surface area (Å²) in [7, 11) is 0. The third-order valence-electron chi connectivity index (χ3n) is 1.28. The van der Waals surface area contributed by atoms with Crippen molar-refractivity contribution in [2.45, 2.75) is 13.5 Å². The Labute approximate surface area is 73.8 Å². The maximum Gasteiger partial charge on any atom is 0.347 e. The van der Waals surface area contributed by atoms with Crippen molar-refractivity contribution in [3.63, 3.8) is 0 Å². The quantitative estimate of drug-likeness (QED) is 0.773. The van der Waals surface area contributed by atoms with Crippen LogP contribution < -0.4 is 0 Å². The van der Waals surface area contributed by atoms with E-state index in [1.165, 1.54) is 5.51 Å². The van der Waals surface area contributed by atoms with Crippen molar-refractivity contribution in [2.75, 3.05) is 6.61 Å². The van der Waals surface area contributed by atoms with Crippen LogP contribution in [0, 0.1) is 0 Å². The highest BCUT2D eigenvalue weighted by molar-refractivity contribution is 7.11. The molecule has 0 amide bonds. The average molecular weight is 187 g/mol. The van der Waals surface area contributed by atoms with E-state index in [1.807, 2.05) is 6.92 Å². The summed E-state index contributed by atoms with van der Waals surface area (Å²) in [5, 5.41) is 8.67. The Morgan fingerprint density at radius 3 is 3.17 bits per heavy atom. The molecule has 1 heterocycles. The van der Waals surface area contributed by atoms with Crippen molar-refractivity contribution >= 4 is 17.3 Å². The first kappa shape index (κ1) is 9.15. The number of rotatable bonds is 4. The van der Waals surface area contributed by atoms with Crippen LogP contribution in [0.3, 0.4) is 0 Å². The number of aromatic carboxylic acids is 1. The molecule has 12 heavy (non-hydrogen) atoms. The lowest BCUT2D eigenvalue weighted by molar-refractivity contribution is 0.0693. The van der Waals surface area contributed by atoms with Crippen molar-refractivity contribution in [2.24, 2.45) is 0 Å². The molecule has 0 aliphatic heterocycles. The van der Waals surface area contributed by atoms with E-state index in [2.05, 4.69) is 4.98 Å². The van der Waals surface area contributed by atoms with E-state index < -0.39 is 5.97 Å². The molecule has 0 fully saturated rings. The summed E-state index contributed by atoms with van der Waals surface area (Å²) in [4.78, 5) is 14.7. The lowest BCUT2D eigenvalue weighted by Crippen LogP contribution is -2.01. The van der Waals surface area contributed by atoms with Crippen LogP contribution >= 0.6 is 11.3 Å². The van der Waals surface area contributed by atoms with Crippen LogP contribution in [0.4, 0.5) is 0 Å². The molecule has 0 aliphatic carbocycles. The second kappa shape index (κ2) is 4.18. The van der Waals surface area contributed by atoms with Crippen molar-refractivity contribution in [3.05, 3.63) is 16.1 Å². The molecule has 0 atom stereocenters. The van der Waals surface area contributed by atoms with Crippen LogP contribution in [0.5, 0.6) is 0 Å². The summed E-state index contributed by atoms with van der Waals surface area (Å²) in [5.41, 5.74) is 2.02. The smallest absolute Gasteiger partial charge is 0.347 e. The average Bonchev–Trinajstić information content (AvgIpc) is 2.48. The monoisotopic (exact) mass is 187 g/mol. The zero-order chi connectivity index (χ0) is 8.97. The van der Waals surface area contributed by atoms with Gasteiger partial charge in [-0.2, -0.15) is 0 Å². The Hall–Kier alpha value is -0.940. The van der Waals surface area contributed by atoms with Crippen LogP contribution in [0.15, 0.2) is 5.51 Å². The lowest BCUT2D eigenvalue weighted by Gasteiger charge is -1.97. The molecular weight excluding hydrogens is 178 g/mol. The molecule has 1 N–H and O–H groups in total. The molecule has 0 radical (unpaired) electrons. The van der Waals surface area contributed by atoms with Gasteiger partial charge in [-0.1, -0.05) is 0 Å². The van der Waals surface area contributed by atoms with Crippen LogP contribution in [-0.4, -0.2) is 22.7 Å². The molecular formula is C7H9NO3S. The number of carbonyl (C=O) groups is 1. The minimum Gasteiger partial charge on any atom is -0.477 e. The second-order valence-electron chi connectivity index (χ2n) is 2.07. The number of carboxylic acid groups (broad SMARTS) is 1. The van der Waals surface area contributed by atoms with E-state index in [-0.39, 0.29) is 11.5 Å². The fourth-order valence-corrected chi connectivity index (χ4v) is 1.38. The molecule has 0 aromatic carbocycles. The van der Waals surface area contributed by atoms with Gasteiger partial charge >= 0.3 is 5.97 Å². The molecule has 0 bridgehead atoms. The zero-order valence-corrected chi connectivity index (χ0v) is 7.43. The normalized spacial score (nSPS) is 10.1.